The third kappa shape index (κ3) is 4.87. The van der Waals surface area contributed by atoms with Gasteiger partial charge in [0, 0.05) is 25.7 Å². The first-order valence-electron chi connectivity index (χ1n) is 8.61. The molecular formula is C16H29IN4O2. The molecule has 1 amide bonds. The number of nitrogens with two attached hydrogens (primary N) is 1. The first kappa shape index (κ1) is 18.6. The topological polar surface area (TPSA) is 80.0 Å². The lowest BCUT2D eigenvalue weighted by Gasteiger charge is -2.31. The molecule has 3 aliphatic rings. The van der Waals surface area contributed by atoms with Crippen molar-refractivity contribution in [1.82, 2.24) is 10.2 Å². The zero-order chi connectivity index (χ0) is 15.6. The number of carbonyl (C=O) groups excluding carboxylic acids is 1. The monoisotopic (exact) mass is 436 g/mol. The number of hydrogen-bond donors (Lipinski definition) is 2. The number of aliphatic imine (C=N–C) groups is 1. The third-order valence-corrected chi connectivity index (χ3v) is 5.27. The van der Waals surface area contributed by atoms with E-state index in [1.165, 1.54) is 25.7 Å². The summed E-state index contributed by atoms with van der Waals surface area (Å²) in [7, 11) is 0. The highest BCUT2D eigenvalue weighted by molar-refractivity contribution is 14.0. The summed E-state index contributed by atoms with van der Waals surface area (Å²) in [5, 5.41) is 3.32. The quantitative estimate of drug-likeness (QED) is 0.394. The van der Waals surface area contributed by atoms with Crippen LogP contribution in [0.1, 0.15) is 45.4 Å². The molecule has 6 nitrogen and oxygen atoms in total. The molecule has 132 valence electrons. The molecule has 2 saturated carbocycles. The summed E-state index contributed by atoms with van der Waals surface area (Å²) in [5.74, 6) is 1.48. The van der Waals surface area contributed by atoms with Gasteiger partial charge in [0.15, 0.2) is 5.96 Å². The van der Waals surface area contributed by atoms with Gasteiger partial charge in [-0.1, -0.05) is 0 Å². The fourth-order valence-electron chi connectivity index (χ4n) is 3.47. The van der Waals surface area contributed by atoms with Gasteiger partial charge < -0.3 is 20.7 Å². The molecule has 1 aliphatic heterocycles. The molecule has 3 rings (SSSR count). The minimum absolute atomic E-state index is 0. The van der Waals surface area contributed by atoms with E-state index in [0.717, 1.165) is 38.4 Å². The van der Waals surface area contributed by atoms with Gasteiger partial charge in [-0.3, -0.25) is 4.99 Å². The highest BCUT2D eigenvalue weighted by Gasteiger charge is 2.53. The lowest BCUT2D eigenvalue weighted by molar-refractivity contribution is 0.0963. The van der Waals surface area contributed by atoms with Crippen LogP contribution in [-0.2, 0) is 4.74 Å². The van der Waals surface area contributed by atoms with Crippen LogP contribution >= 0.6 is 24.0 Å². The molecule has 0 bridgehead atoms. The molecule has 7 heteroatoms. The predicted molar refractivity (Wildman–Crippen MR) is 101 cm³/mol. The summed E-state index contributed by atoms with van der Waals surface area (Å²) in [4.78, 5) is 18.0. The van der Waals surface area contributed by atoms with Crippen LogP contribution in [0, 0.1) is 11.3 Å². The Kier molecular flexibility index (Phi) is 6.39. The molecule has 0 unspecified atom stereocenters. The number of nitrogens with one attached hydrogen (secondary N) is 1. The van der Waals surface area contributed by atoms with Crippen LogP contribution in [0.2, 0.25) is 0 Å². The number of likely N-dealkylation sites (tertiary alicyclic amines) is 1. The minimum atomic E-state index is -0.206. The molecule has 1 heterocycles. The Morgan fingerprint density at radius 1 is 1.30 bits per heavy atom. The molecule has 0 aromatic heterocycles. The van der Waals surface area contributed by atoms with E-state index in [4.69, 9.17) is 10.5 Å². The van der Waals surface area contributed by atoms with Crippen molar-refractivity contribution in [2.75, 3.05) is 26.2 Å². The number of guanidine groups is 1. The zero-order valence-corrected chi connectivity index (χ0v) is 16.3. The Morgan fingerprint density at radius 2 is 1.96 bits per heavy atom. The van der Waals surface area contributed by atoms with Crippen LogP contribution in [0.4, 0.5) is 4.79 Å². The maximum atomic E-state index is 11.7. The van der Waals surface area contributed by atoms with Crippen LogP contribution in [0.25, 0.3) is 0 Å². The van der Waals surface area contributed by atoms with E-state index in [0.29, 0.717) is 24.0 Å². The van der Waals surface area contributed by atoms with Gasteiger partial charge in [-0.2, -0.15) is 0 Å². The first-order chi connectivity index (χ1) is 10.6. The normalized spacial score (nSPS) is 23.9. The Labute approximate surface area is 155 Å². The molecule has 3 fully saturated rings. The summed E-state index contributed by atoms with van der Waals surface area (Å²) in [6.07, 6.45) is 7.00. The third-order valence-electron chi connectivity index (χ3n) is 5.27. The van der Waals surface area contributed by atoms with Gasteiger partial charge in [0.25, 0.3) is 0 Å². The summed E-state index contributed by atoms with van der Waals surface area (Å²) < 4.78 is 5.03. The zero-order valence-electron chi connectivity index (χ0n) is 13.9. The van der Waals surface area contributed by atoms with Crippen molar-refractivity contribution in [2.24, 2.45) is 22.1 Å². The van der Waals surface area contributed by atoms with E-state index in [2.05, 4.69) is 10.3 Å². The van der Waals surface area contributed by atoms with Gasteiger partial charge >= 0.3 is 6.09 Å². The molecule has 1 saturated heterocycles. The fraction of sp³-hybridized carbons (Fsp3) is 0.875. The molecule has 0 atom stereocenters. The second kappa shape index (κ2) is 7.90. The summed E-state index contributed by atoms with van der Waals surface area (Å²) in [6, 6.07) is 0.311. The second-order valence-electron chi connectivity index (χ2n) is 6.94. The minimum Gasteiger partial charge on any atom is -0.450 e. The van der Waals surface area contributed by atoms with Crippen LogP contribution < -0.4 is 11.1 Å². The van der Waals surface area contributed by atoms with E-state index >= 15 is 0 Å². The SMILES string of the molecule is CCOC(=O)N1CCC(NC(N)=NCC2(C3CC3)CC2)CC1.I. The van der Waals surface area contributed by atoms with Crippen molar-refractivity contribution in [3.63, 3.8) is 0 Å². The highest BCUT2D eigenvalue weighted by atomic mass is 127. The number of piperidine rings is 1. The first-order valence-corrected chi connectivity index (χ1v) is 8.61. The fourth-order valence-corrected chi connectivity index (χ4v) is 3.47. The van der Waals surface area contributed by atoms with Gasteiger partial charge in [0.05, 0.1) is 6.61 Å². The molecule has 0 spiro atoms. The Bertz CT molecular complexity index is 441. The van der Waals surface area contributed by atoms with E-state index in [1.54, 1.807) is 4.90 Å². The predicted octanol–water partition coefficient (Wildman–Crippen LogP) is 2.32. The summed E-state index contributed by atoms with van der Waals surface area (Å²) >= 11 is 0. The van der Waals surface area contributed by atoms with Crippen molar-refractivity contribution in [2.45, 2.75) is 51.5 Å². The average Bonchev–Trinajstić information content (AvgIpc) is 3.39. The number of amides is 1. The van der Waals surface area contributed by atoms with Crippen LogP contribution in [-0.4, -0.2) is 49.2 Å². The molecule has 0 aromatic rings. The van der Waals surface area contributed by atoms with Crippen molar-refractivity contribution < 1.29 is 9.53 Å². The maximum Gasteiger partial charge on any atom is 0.409 e. The standard InChI is InChI=1S/C16H28N4O2.HI/c1-2-22-15(21)20-9-5-13(6-10-20)19-14(17)18-11-16(7-8-16)12-3-4-12;/h12-13H,2-11H2,1H3,(H3,17,18,19);1H. The molecule has 3 N–H and O–H groups in total. The van der Waals surface area contributed by atoms with Crippen molar-refractivity contribution in [1.29, 1.82) is 0 Å². The lowest BCUT2D eigenvalue weighted by Crippen LogP contribution is -2.48. The number of rotatable bonds is 5. The highest BCUT2D eigenvalue weighted by Crippen LogP contribution is 2.61. The number of halogens is 1. The van der Waals surface area contributed by atoms with Crippen molar-refractivity contribution in [3.05, 3.63) is 0 Å². The number of hydrogen-bond acceptors (Lipinski definition) is 3. The number of carbonyl (C=O) groups is 1. The van der Waals surface area contributed by atoms with Crippen molar-refractivity contribution in [3.8, 4) is 0 Å². The van der Waals surface area contributed by atoms with E-state index < -0.39 is 0 Å². The molecule has 0 aromatic carbocycles. The van der Waals surface area contributed by atoms with Crippen molar-refractivity contribution >= 4 is 36.0 Å². The lowest BCUT2D eigenvalue weighted by atomic mass is 10.0. The average molecular weight is 436 g/mol. The van der Waals surface area contributed by atoms with Gasteiger partial charge in [-0.25, -0.2) is 4.79 Å². The largest absolute Gasteiger partial charge is 0.450 e. The molecule has 2 aliphatic carbocycles. The Hall–Kier alpha value is -0.730. The number of nitrogens with zero attached hydrogens (tertiary/aromatic N) is 2. The van der Waals surface area contributed by atoms with Gasteiger partial charge in [-0.15, -0.1) is 24.0 Å². The number of ether oxygens (including phenoxy) is 1. The van der Waals surface area contributed by atoms with E-state index in [-0.39, 0.29) is 30.1 Å². The van der Waals surface area contributed by atoms with Crippen LogP contribution in [0.3, 0.4) is 0 Å². The Morgan fingerprint density at radius 3 is 2.48 bits per heavy atom. The summed E-state index contributed by atoms with van der Waals surface area (Å²) in [5.41, 5.74) is 6.54. The maximum absolute atomic E-state index is 11.7. The molecule has 0 radical (unpaired) electrons. The molecule has 23 heavy (non-hydrogen) atoms. The van der Waals surface area contributed by atoms with Gasteiger partial charge in [0.1, 0.15) is 0 Å². The van der Waals surface area contributed by atoms with Gasteiger partial charge in [-0.05, 0) is 56.8 Å². The van der Waals surface area contributed by atoms with E-state index in [9.17, 15) is 4.79 Å². The summed E-state index contributed by atoms with van der Waals surface area (Å²) in [6.45, 7) is 4.58. The van der Waals surface area contributed by atoms with Gasteiger partial charge in [0.2, 0.25) is 0 Å². The second-order valence-corrected chi connectivity index (χ2v) is 6.94. The molecular weight excluding hydrogens is 407 g/mol. The van der Waals surface area contributed by atoms with E-state index in [1.807, 2.05) is 6.92 Å². The van der Waals surface area contributed by atoms with Crippen LogP contribution in [0.15, 0.2) is 4.99 Å². The Balaban J connectivity index is 0.00000192. The van der Waals surface area contributed by atoms with Crippen LogP contribution in [0.5, 0.6) is 0 Å². The smallest absolute Gasteiger partial charge is 0.409 e.